The van der Waals surface area contributed by atoms with Crippen LogP contribution in [-0.4, -0.2) is 29.2 Å². The maximum Gasteiger partial charge on any atom is 0.294 e. The fraction of sp³-hybridized carbons (Fsp3) is 0.0833. The van der Waals surface area contributed by atoms with Gasteiger partial charge >= 0.3 is 0 Å². The molecule has 18 heavy (non-hydrogen) atoms. The number of nitrogens with zero attached hydrogens (tertiary/aromatic N) is 1. The van der Waals surface area contributed by atoms with E-state index in [9.17, 15) is 14.7 Å². The number of hydrogen-bond donors (Lipinski definition) is 2. The number of pyridine rings is 1. The summed E-state index contributed by atoms with van der Waals surface area (Å²) < 4.78 is 4.35. The summed E-state index contributed by atoms with van der Waals surface area (Å²) in [5.41, 5.74) is 0.486. The van der Waals surface area contributed by atoms with E-state index in [1.165, 1.54) is 12.1 Å². The van der Waals surface area contributed by atoms with Crippen LogP contribution in [0.5, 0.6) is 5.75 Å². The third-order valence-corrected chi connectivity index (χ3v) is 2.32. The van der Waals surface area contributed by atoms with E-state index in [4.69, 9.17) is 0 Å². The number of para-hydroxylation sites is 1. The Kier molecular flexibility index (Phi) is 3.38. The summed E-state index contributed by atoms with van der Waals surface area (Å²) in [6.45, 7) is 0.0166. The Morgan fingerprint density at radius 3 is 3.00 bits per heavy atom. The first-order valence-corrected chi connectivity index (χ1v) is 5.14. The van der Waals surface area contributed by atoms with Gasteiger partial charge in [-0.25, -0.2) is 4.98 Å². The molecule has 0 unspecified atom stereocenters. The molecule has 0 saturated carbocycles. The molecule has 0 aliphatic rings. The zero-order valence-corrected chi connectivity index (χ0v) is 9.29. The summed E-state index contributed by atoms with van der Waals surface area (Å²) >= 11 is 0. The summed E-state index contributed by atoms with van der Waals surface area (Å²) in [6.07, 6.45) is 0. The van der Waals surface area contributed by atoms with E-state index in [0.717, 1.165) is 5.39 Å². The van der Waals surface area contributed by atoms with Crippen LogP contribution in [0.15, 0.2) is 30.3 Å². The van der Waals surface area contributed by atoms with Gasteiger partial charge in [0.2, 0.25) is 0 Å². The van der Waals surface area contributed by atoms with Crippen LogP contribution in [0, 0.1) is 0 Å². The van der Waals surface area contributed by atoms with Gasteiger partial charge in [-0.3, -0.25) is 9.59 Å². The fourth-order valence-corrected chi connectivity index (χ4v) is 1.49. The number of hydrogen-bond acceptors (Lipinski definition) is 5. The summed E-state index contributed by atoms with van der Waals surface area (Å²) in [6, 6.07) is 8.17. The minimum absolute atomic E-state index is 0.00583. The number of aromatic hydroxyl groups is 1. The Labute approximate surface area is 102 Å². The van der Waals surface area contributed by atoms with Crippen LogP contribution in [0.4, 0.5) is 0 Å². The van der Waals surface area contributed by atoms with Gasteiger partial charge in [0.15, 0.2) is 6.73 Å². The molecule has 2 N–H and O–H groups in total. The van der Waals surface area contributed by atoms with Crippen LogP contribution in [0.2, 0.25) is 0 Å². The van der Waals surface area contributed by atoms with E-state index < -0.39 is 5.91 Å². The van der Waals surface area contributed by atoms with E-state index in [0.29, 0.717) is 5.52 Å². The summed E-state index contributed by atoms with van der Waals surface area (Å²) in [5.74, 6) is -0.478. The van der Waals surface area contributed by atoms with Crippen molar-refractivity contribution in [3.05, 3.63) is 36.0 Å². The third-order valence-electron chi connectivity index (χ3n) is 2.32. The second-order valence-electron chi connectivity index (χ2n) is 3.46. The van der Waals surface area contributed by atoms with E-state index in [-0.39, 0.29) is 24.6 Å². The van der Waals surface area contributed by atoms with Crippen molar-refractivity contribution < 1.29 is 19.4 Å². The predicted molar refractivity (Wildman–Crippen MR) is 62.9 cm³/mol. The second-order valence-corrected chi connectivity index (χ2v) is 3.46. The number of aromatic nitrogens is 1. The molecule has 1 aromatic heterocycles. The molecule has 1 heterocycles. The van der Waals surface area contributed by atoms with Crippen molar-refractivity contribution in [2.75, 3.05) is 6.73 Å². The maximum atomic E-state index is 11.6. The SMILES string of the molecule is O=COCNC(=O)c1ccc2cccc(O)c2n1. The Morgan fingerprint density at radius 2 is 2.22 bits per heavy atom. The first-order chi connectivity index (χ1) is 8.72. The van der Waals surface area contributed by atoms with Gasteiger partial charge in [-0.2, -0.15) is 0 Å². The Balaban J connectivity index is 2.26. The number of amides is 1. The van der Waals surface area contributed by atoms with Gasteiger partial charge in [-0.1, -0.05) is 18.2 Å². The molecule has 1 amide bonds. The highest BCUT2D eigenvalue weighted by Crippen LogP contribution is 2.22. The van der Waals surface area contributed by atoms with Crippen LogP contribution in [-0.2, 0) is 9.53 Å². The lowest BCUT2D eigenvalue weighted by molar-refractivity contribution is -0.129. The van der Waals surface area contributed by atoms with Crippen LogP contribution >= 0.6 is 0 Å². The number of carbonyl (C=O) groups excluding carboxylic acids is 2. The first kappa shape index (κ1) is 11.8. The standard InChI is InChI=1S/C12H10N2O4/c15-7-18-6-13-12(17)9-5-4-8-2-1-3-10(16)11(8)14-9/h1-5,7,16H,6H2,(H,13,17). The smallest absolute Gasteiger partial charge is 0.294 e. The molecule has 0 saturated heterocycles. The number of benzene rings is 1. The fourth-order valence-electron chi connectivity index (χ4n) is 1.49. The van der Waals surface area contributed by atoms with Gasteiger partial charge in [-0.15, -0.1) is 0 Å². The highest BCUT2D eigenvalue weighted by atomic mass is 16.5. The number of carbonyl (C=O) groups is 2. The number of phenols is 1. The number of nitrogens with one attached hydrogen (secondary N) is 1. The molecule has 0 aliphatic carbocycles. The molecule has 2 rings (SSSR count). The first-order valence-electron chi connectivity index (χ1n) is 5.14. The van der Waals surface area contributed by atoms with Crippen molar-refractivity contribution in [2.24, 2.45) is 0 Å². The predicted octanol–water partition coefficient (Wildman–Crippen LogP) is 0.801. The molecule has 2 aromatic rings. The van der Waals surface area contributed by atoms with Crippen molar-refractivity contribution in [3.8, 4) is 5.75 Å². The van der Waals surface area contributed by atoms with Gasteiger partial charge in [0.05, 0.1) is 0 Å². The van der Waals surface area contributed by atoms with Crippen LogP contribution in [0.25, 0.3) is 10.9 Å². The van der Waals surface area contributed by atoms with Crippen molar-refractivity contribution >= 4 is 23.3 Å². The lowest BCUT2D eigenvalue weighted by Gasteiger charge is -2.05. The molecule has 0 bridgehead atoms. The Hall–Kier alpha value is -2.63. The lowest BCUT2D eigenvalue weighted by Crippen LogP contribution is -2.26. The van der Waals surface area contributed by atoms with E-state index in [1.54, 1.807) is 18.2 Å². The number of rotatable bonds is 4. The zero-order chi connectivity index (χ0) is 13.0. The minimum Gasteiger partial charge on any atom is -0.506 e. The highest BCUT2D eigenvalue weighted by molar-refractivity contribution is 5.95. The van der Waals surface area contributed by atoms with Gasteiger partial charge in [0.1, 0.15) is 17.0 Å². The molecule has 0 atom stereocenters. The average molecular weight is 246 g/mol. The highest BCUT2D eigenvalue weighted by Gasteiger charge is 2.09. The Bertz CT molecular complexity index is 598. The quantitative estimate of drug-likeness (QED) is 0.473. The van der Waals surface area contributed by atoms with Crippen molar-refractivity contribution in [2.45, 2.75) is 0 Å². The topological polar surface area (TPSA) is 88.5 Å². The van der Waals surface area contributed by atoms with Crippen molar-refractivity contribution in [3.63, 3.8) is 0 Å². The van der Waals surface area contributed by atoms with Crippen LogP contribution < -0.4 is 5.32 Å². The van der Waals surface area contributed by atoms with Gasteiger partial charge in [0, 0.05) is 5.39 Å². The largest absolute Gasteiger partial charge is 0.506 e. The third kappa shape index (κ3) is 2.37. The Morgan fingerprint density at radius 1 is 1.39 bits per heavy atom. The summed E-state index contributed by atoms with van der Waals surface area (Å²) in [5, 5.41) is 12.7. The number of phenolic OH excluding ortho intramolecular Hbond substituents is 1. The lowest BCUT2D eigenvalue weighted by atomic mass is 10.2. The molecule has 6 nitrogen and oxygen atoms in total. The molecule has 0 fully saturated rings. The number of ether oxygens (including phenoxy) is 1. The van der Waals surface area contributed by atoms with Gasteiger partial charge in [-0.05, 0) is 12.1 Å². The maximum absolute atomic E-state index is 11.6. The average Bonchev–Trinajstić information content (AvgIpc) is 2.39. The summed E-state index contributed by atoms with van der Waals surface area (Å²) in [7, 11) is 0. The molecular formula is C12H10N2O4. The minimum atomic E-state index is -0.484. The van der Waals surface area contributed by atoms with E-state index in [2.05, 4.69) is 15.0 Å². The van der Waals surface area contributed by atoms with Crippen LogP contribution in [0.3, 0.4) is 0 Å². The molecule has 0 radical (unpaired) electrons. The van der Waals surface area contributed by atoms with Crippen molar-refractivity contribution in [1.82, 2.24) is 10.3 Å². The number of fused-ring (bicyclic) bond motifs is 1. The van der Waals surface area contributed by atoms with Gasteiger partial charge < -0.3 is 15.2 Å². The zero-order valence-electron chi connectivity index (χ0n) is 9.29. The van der Waals surface area contributed by atoms with E-state index in [1.807, 2.05) is 0 Å². The molecule has 0 spiro atoms. The molecular weight excluding hydrogens is 236 g/mol. The summed E-state index contributed by atoms with van der Waals surface area (Å²) in [4.78, 5) is 25.6. The molecule has 1 aromatic carbocycles. The molecule has 0 aliphatic heterocycles. The normalized spacial score (nSPS) is 10.0. The second kappa shape index (κ2) is 5.13. The molecule has 92 valence electrons. The molecule has 6 heteroatoms. The van der Waals surface area contributed by atoms with E-state index >= 15 is 0 Å². The monoisotopic (exact) mass is 246 g/mol. The van der Waals surface area contributed by atoms with Gasteiger partial charge in [0.25, 0.3) is 12.4 Å². The van der Waals surface area contributed by atoms with Crippen molar-refractivity contribution in [1.29, 1.82) is 0 Å². The van der Waals surface area contributed by atoms with Crippen LogP contribution in [0.1, 0.15) is 10.5 Å².